The van der Waals surface area contributed by atoms with Crippen LogP contribution in [0.2, 0.25) is 0 Å². The SMILES string of the molecule is C=C(/C=C\C=C(/C)c1ccccn1)c1ccc(-c2ccc3oc4cc5c(cc4c3c2)oc2ccccc25)cc1. The molecular formula is C36H25NO2. The second-order valence-corrected chi connectivity index (χ2v) is 9.78. The fourth-order valence-electron chi connectivity index (χ4n) is 5.14. The molecule has 4 aromatic carbocycles. The van der Waals surface area contributed by atoms with Crippen molar-refractivity contribution in [3.05, 3.63) is 139 Å². The van der Waals surface area contributed by atoms with E-state index < -0.39 is 0 Å². The van der Waals surface area contributed by atoms with E-state index in [1.807, 2.05) is 54.7 Å². The molecule has 0 spiro atoms. The molecule has 3 heteroatoms. The summed E-state index contributed by atoms with van der Waals surface area (Å²) in [5.74, 6) is 0. The number of aromatic nitrogens is 1. The van der Waals surface area contributed by atoms with Crippen LogP contribution < -0.4 is 0 Å². The van der Waals surface area contributed by atoms with Gasteiger partial charge in [0, 0.05) is 27.7 Å². The molecular weight excluding hydrogens is 478 g/mol. The standard InChI is InChI=1S/C36H25NO2/c1-23(8-7-9-24(2)32-11-5-6-19-37-32)25-13-15-26(16-14-25)27-17-18-34-29(20-27)31-22-35-30(21-36(31)39-34)28-10-3-4-12-33(28)38-35/h3-22H,1H2,2H3/b8-7-,24-9+. The molecule has 0 fully saturated rings. The summed E-state index contributed by atoms with van der Waals surface area (Å²) in [6.45, 7) is 6.31. The van der Waals surface area contributed by atoms with E-state index in [1.54, 1.807) is 0 Å². The van der Waals surface area contributed by atoms with Gasteiger partial charge in [-0.15, -0.1) is 0 Å². The number of nitrogens with zero attached hydrogens (tertiary/aromatic N) is 1. The number of hydrogen-bond acceptors (Lipinski definition) is 3. The van der Waals surface area contributed by atoms with Gasteiger partial charge in [-0.25, -0.2) is 0 Å². The molecule has 0 aliphatic carbocycles. The predicted molar refractivity (Wildman–Crippen MR) is 162 cm³/mol. The molecule has 7 rings (SSSR count). The Hall–Kier alpha value is -5.15. The highest BCUT2D eigenvalue weighted by Crippen LogP contribution is 2.38. The van der Waals surface area contributed by atoms with Gasteiger partial charge in [-0.2, -0.15) is 0 Å². The first-order valence-corrected chi connectivity index (χ1v) is 13.0. The Labute approximate surface area is 226 Å². The summed E-state index contributed by atoms with van der Waals surface area (Å²) in [7, 11) is 0. The Morgan fingerprint density at radius 2 is 1.33 bits per heavy atom. The minimum Gasteiger partial charge on any atom is -0.456 e. The van der Waals surface area contributed by atoms with Gasteiger partial charge in [-0.05, 0) is 77.2 Å². The van der Waals surface area contributed by atoms with Crippen LogP contribution in [0, 0.1) is 0 Å². The number of allylic oxidation sites excluding steroid dienone is 5. The van der Waals surface area contributed by atoms with Crippen molar-refractivity contribution in [1.29, 1.82) is 0 Å². The number of fused-ring (bicyclic) bond motifs is 6. The van der Waals surface area contributed by atoms with Crippen LogP contribution in [-0.4, -0.2) is 4.98 Å². The van der Waals surface area contributed by atoms with E-state index in [4.69, 9.17) is 8.83 Å². The molecule has 0 unspecified atom stereocenters. The smallest absolute Gasteiger partial charge is 0.136 e. The highest BCUT2D eigenvalue weighted by molar-refractivity contribution is 6.15. The number of para-hydroxylation sites is 1. The van der Waals surface area contributed by atoms with Gasteiger partial charge in [0.15, 0.2) is 0 Å². The maximum atomic E-state index is 6.23. The molecule has 0 amide bonds. The second kappa shape index (κ2) is 9.30. The highest BCUT2D eigenvalue weighted by Gasteiger charge is 2.14. The average molecular weight is 504 g/mol. The van der Waals surface area contributed by atoms with Crippen molar-refractivity contribution < 1.29 is 8.83 Å². The van der Waals surface area contributed by atoms with Crippen LogP contribution in [-0.2, 0) is 0 Å². The summed E-state index contributed by atoms with van der Waals surface area (Å²) >= 11 is 0. The summed E-state index contributed by atoms with van der Waals surface area (Å²) in [4.78, 5) is 4.39. The zero-order valence-corrected chi connectivity index (χ0v) is 21.5. The number of rotatable bonds is 5. The first-order chi connectivity index (χ1) is 19.1. The van der Waals surface area contributed by atoms with Crippen molar-refractivity contribution in [3.63, 3.8) is 0 Å². The quantitative estimate of drug-likeness (QED) is 0.219. The normalized spacial score (nSPS) is 12.4. The monoisotopic (exact) mass is 503 g/mol. The first kappa shape index (κ1) is 23.0. The lowest BCUT2D eigenvalue weighted by Crippen LogP contribution is -1.83. The van der Waals surface area contributed by atoms with E-state index in [1.165, 1.54) is 0 Å². The van der Waals surface area contributed by atoms with E-state index >= 15 is 0 Å². The Bertz CT molecular complexity index is 2070. The van der Waals surface area contributed by atoms with Gasteiger partial charge in [0.1, 0.15) is 22.3 Å². The first-order valence-electron chi connectivity index (χ1n) is 13.0. The third-order valence-electron chi connectivity index (χ3n) is 7.27. The third-order valence-corrected chi connectivity index (χ3v) is 7.27. The van der Waals surface area contributed by atoms with E-state index in [0.717, 1.165) is 77.4 Å². The van der Waals surface area contributed by atoms with Crippen molar-refractivity contribution in [1.82, 2.24) is 4.98 Å². The molecule has 3 nitrogen and oxygen atoms in total. The largest absolute Gasteiger partial charge is 0.456 e. The molecule has 0 bridgehead atoms. The van der Waals surface area contributed by atoms with Crippen molar-refractivity contribution >= 4 is 55.0 Å². The van der Waals surface area contributed by atoms with E-state index in [0.29, 0.717) is 0 Å². The fraction of sp³-hybridized carbons (Fsp3) is 0.0278. The molecule has 0 atom stereocenters. The van der Waals surface area contributed by atoms with Crippen LogP contribution in [0.5, 0.6) is 0 Å². The van der Waals surface area contributed by atoms with Crippen LogP contribution in [0.3, 0.4) is 0 Å². The fourth-order valence-corrected chi connectivity index (χ4v) is 5.14. The van der Waals surface area contributed by atoms with Gasteiger partial charge >= 0.3 is 0 Å². The van der Waals surface area contributed by atoms with Crippen molar-refractivity contribution in [2.75, 3.05) is 0 Å². The minimum atomic E-state index is 0.868. The van der Waals surface area contributed by atoms with Crippen molar-refractivity contribution in [2.45, 2.75) is 6.92 Å². The van der Waals surface area contributed by atoms with Gasteiger partial charge in [-0.1, -0.05) is 79.4 Å². The van der Waals surface area contributed by atoms with Gasteiger partial charge in [-0.3, -0.25) is 4.98 Å². The average Bonchev–Trinajstić information content (AvgIpc) is 3.53. The Balaban J connectivity index is 1.17. The summed E-state index contributed by atoms with van der Waals surface area (Å²) in [5, 5.41) is 4.31. The lowest BCUT2D eigenvalue weighted by molar-refractivity contribution is 0.664. The number of hydrogen-bond donors (Lipinski definition) is 0. The molecule has 0 aliphatic rings. The highest BCUT2D eigenvalue weighted by atomic mass is 16.3. The zero-order chi connectivity index (χ0) is 26.3. The maximum Gasteiger partial charge on any atom is 0.136 e. The van der Waals surface area contributed by atoms with Crippen LogP contribution >= 0.6 is 0 Å². The molecule has 3 heterocycles. The van der Waals surface area contributed by atoms with E-state index in [2.05, 4.69) is 85.2 Å². The third kappa shape index (κ3) is 4.14. The minimum absolute atomic E-state index is 0.868. The van der Waals surface area contributed by atoms with Crippen LogP contribution in [0.1, 0.15) is 18.2 Å². The number of benzene rings is 4. The maximum absolute atomic E-state index is 6.23. The van der Waals surface area contributed by atoms with Gasteiger partial charge in [0.05, 0.1) is 5.69 Å². The zero-order valence-electron chi connectivity index (χ0n) is 21.5. The van der Waals surface area contributed by atoms with E-state index in [-0.39, 0.29) is 0 Å². The molecule has 7 aromatic rings. The Kier molecular flexibility index (Phi) is 5.49. The van der Waals surface area contributed by atoms with Crippen molar-refractivity contribution in [2.24, 2.45) is 0 Å². The Morgan fingerprint density at radius 3 is 2.10 bits per heavy atom. The number of pyridine rings is 1. The van der Waals surface area contributed by atoms with Gasteiger partial charge in [0.2, 0.25) is 0 Å². The second-order valence-electron chi connectivity index (χ2n) is 9.78. The molecule has 0 radical (unpaired) electrons. The molecule has 39 heavy (non-hydrogen) atoms. The summed E-state index contributed by atoms with van der Waals surface area (Å²) < 4.78 is 12.4. The van der Waals surface area contributed by atoms with Crippen LogP contribution in [0.4, 0.5) is 0 Å². The van der Waals surface area contributed by atoms with Crippen LogP contribution in [0.15, 0.2) is 137 Å². The molecule has 0 saturated carbocycles. The molecule has 0 N–H and O–H groups in total. The lowest BCUT2D eigenvalue weighted by Gasteiger charge is -2.05. The summed E-state index contributed by atoms with van der Waals surface area (Å²) in [5.41, 5.74) is 9.90. The molecule has 186 valence electrons. The molecule has 0 saturated heterocycles. The van der Waals surface area contributed by atoms with E-state index in [9.17, 15) is 0 Å². The number of furan rings is 2. The summed E-state index contributed by atoms with van der Waals surface area (Å²) in [6.07, 6.45) is 7.93. The van der Waals surface area contributed by atoms with Gasteiger partial charge < -0.3 is 8.83 Å². The summed E-state index contributed by atoms with van der Waals surface area (Å²) in [6, 6.07) is 33.1. The molecule has 3 aromatic heterocycles. The van der Waals surface area contributed by atoms with Crippen molar-refractivity contribution in [3.8, 4) is 11.1 Å². The van der Waals surface area contributed by atoms with Crippen LogP contribution in [0.25, 0.3) is 66.2 Å². The Morgan fingerprint density at radius 1 is 0.667 bits per heavy atom. The topological polar surface area (TPSA) is 39.2 Å². The predicted octanol–water partition coefficient (Wildman–Crippen LogP) is 10.2. The lowest BCUT2D eigenvalue weighted by atomic mass is 9.99. The molecule has 0 aliphatic heterocycles. The van der Waals surface area contributed by atoms with Gasteiger partial charge in [0.25, 0.3) is 0 Å².